The Morgan fingerprint density at radius 3 is 2.90 bits per heavy atom. The number of nitrogens with zero attached hydrogens (tertiary/aromatic N) is 3. The second-order valence-corrected chi connectivity index (χ2v) is 5.67. The van der Waals surface area contributed by atoms with Gasteiger partial charge in [0.15, 0.2) is 5.52 Å². The van der Waals surface area contributed by atoms with E-state index in [0.717, 1.165) is 25.4 Å². The van der Waals surface area contributed by atoms with Crippen molar-refractivity contribution in [3.05, 3.63) is 18.2 Å². The Hall–Kier alpha value is -1.60. The van der Waals surface area contributed by atoms with E-state index in [9.17, 15) is 4.79 Å². The number of hydrogen-bond donors (Lipinski definition) is 1. The smallest absolute Gasteiger partial charge is 0.234 e. The molecular formula is C14H20N4O2S. The van der Waals surface area contributed by atoms with Gasteiger partial charge in [-0.1, -0.05) is 19.9 Å². The van der Waals surface area contributed by atoms with E-state index in [0.29, 0.717) is 22.5 Å². The lowest BCUT2D eigenvalue weighted by atomic mass is 10.2. The molecule has 7 heteroatoms. The maximum atomic E-state index is 11.9. The zero-order valence-electron chi connectivity index (χ0n) is 12.3. The molecule has 0 unspecified atom stereocenters. The number of aromatic nitrogens is 2. The first-order valence-electron chi connectivity index (χ1n) is 7.05. The number of anilines is 1. The number of amides is 1. The van der Waals surface area contributed by atoms with Crippen LogP contribution in [0.2, 0.25) is 0 Å². The summed E-state index contributed by atoms with van der Waals surface area (Å²) in [5.74, 6) is 1.35. The number of hydrogen-bond acceptors (Lipinski definition) is 6. The van der Waals surface area contributed by atoms with Gasteiger partial charge in [0, 0.05) is 12.3 Å². The van der Waals surface area contributed by atoms with Crippen LogP contribution in [0.15, 0.2) is 22.8 Å². The number of benzene rings is 1. The Morgan fingerprint density at radius 1 is 1.33 bits per heavy atom. The summed E-state index contributed by atoms with van der Waals surface area (Å²) in [6, 6.07) is 5.40. The lowest BCUT2D eigenvalue weighted by Crippen LogP contribution is -2.26. The van der Waals surface area contributed by atoms with Crippen molar-refractivity contribution in [2.75, 3.05) is 36.5 Å². The minimum Gasteiger partial charge on any atom is -0.323 e. The lowest BCUT2D eigenvalue weighted by molar-refractivity contribution is -0.113. The summed E-state index contributed by atoms with van der Waals surface area (Å²) in [6.07, 6.45) is 0. The zero-order chi connectivity index (χ0) is 15.1. The third kappa shape index (κ3) is 4.44. The second kappa shape index (κ2) is 7.99. The van der Waals surface area contributed by atoms with Gasteiger partial charge in [-0.25, -0.2) is 4.63 Å². The molecule has 6 nitrogen and oxygen atoms in total. The van der Waals surface area contributed by atoms with E-state index >= 15 is 0 Å². The first-order chi connectivity index (χ1) is 10.2. The molecule has 2 aromatic rings. The first-order valence-corrected chi connectivity index (χ1v) is 8.21. The summed E-state index contributed by atoms with van der Waals surface area (Å²) < 4.78 is 4.67. The molecule has 1 amide bonds. The molecule has 0 aliphatic heterocycles. The van der Waals surface area contributed by atoms with Crippen LogP contribution in [0.3, 0.4) is 0 Å². The molecule has 0 bridgehead atoms. The molecule has 1 N–H and O–H groups in total. The molecule has 0 spiro atoms. The molecule has 1 aromatic heterocycles. The number of rotatable bonds is 8. The third-order valence-electron chi connectivity index (χ3n) is 3.24. The largest absolute Gasteiger partial charge is 0.323 e. The first kappa shape index (κ1) is 15.8. The standard InChI is InChI=1S/C14H20N4O2S/c1-3-18(4-2)8-9-21-10-13(19)15-11-6-5-7-12-14(11)17-20-16-12/h5-7H,3-4,8-10H2,1-2H3,(H,15,19). The zero-order valence-corrected chi connectivity index (χ0v) is 13.2. The van der Waals surface area contributed by atoms with Crippen LogP contribution >= 0.6 is 11.8 Å². The molecule has 21 heavy (non-hydrogen) atoms. The minimum atomic E-state index is -0.0324. The van der Waals surface area contributed by atoms with Gasteiger partial charge in [-0.2, -0.15) is 11.8 Å². The Morgan fingerprint density at radius 2 is 2.14 bits per heavy atom. The number of nitrogens with one attached hydrogen (secondary N) is 1. The Bertz CT molecular complexity index is 583. The van der Waals surface area contributed by atoms with Crippen molar-refractivity contribution in [3.63, 3.8) is 0 Å². The predicted octanol–water partition coefficient (Wildman–Crippen LogP) is 2.24. The maximum Gasteiger partial charge on any atom is 0.234 e. The fourth-order valence-electron chi connectivity index (χ4n) is 1.99. The molecule has 0 fully saturated rings. The highest BCUT2D eigenvalue weighted by Crippen LogP contribution is 2.19. The average molecular weight is 308 g/mol. The number of carbonyl (C=O) groups excluding carboxylic acids is 1. The fraction of sp³-hybridized carbons (Fsp3) is 0.500. The van der Waals surface area contributed by atoms with Crippen molar-refractivity contribution in [1.29, 1.82) is 0 Å². The van der Waals surface area contributed by atoms with Crippen LogP contribution in [0.4, 0.5) is 5.69 Å². The van der Waals surface area contributed by atoms with Gasteiger partial charge < -0.3 is 10.2 Å². The molecular weight excluding hydrogens is 288 g/mol. The third-order valence-corrected chi connectivity index (χ3v) is 4.18. The van der Waals surface area contributed by atoms with Crippen LogP contribution in [0.5, 0.6) is 0 Å². The van der Waals surface area contributed by atoms with Gasteiger partial charge in [0.05, 0.1) is 11.4 Å². The summed E-state index contributed by atoms with van der Waals surface area (Å²) >= 11 is 1.63. The predicted molar refractivity (Wildman–Crippen MR) is 85.5 cm³/mol. The number of fused-ring (bicyclic) bond motifs is 1. The van der Waals surface area contributed by atoms with E-state index in [4.69, 9.17) is 0 Å². The fourth-order valence-corrected chi connectivity index (χ4v) is 2.78. The quantitative estimate of drug-likeness (QED) is 0.754. The summed E-state index contributed by atoms with van der Waals surface area (Å²) in [5, 5.41) is 10.4. The van der Waals surface area contributed by atoms with Crippen molar-refractivity contribution >= 4 is 34.4 Å². The van der Waals surface area contributed by atoms with Crippen molar-refractivity contribution in [3.8, 4) is 0 Å². The van der Waals surface area contributed by atoms with Crippen molar-refractivity contribution in [2.45, 2.75) is 13.8 Å². The molecule has 1 heterocycles. The van der Waals surface area contributed by atoms with E-state index in [2.05, 4.69) is 39.0 Å². The van der Waals surface area contributed by atoms with Crippen molar-refractivity contribution in [2.24, 2.45) is 0 Å². The summed E-state index contributed by atoms with van der Waals surface area (Å²) in [4.78, 5) is 14.3. The van der Waals surface area contributed by atoms with Gasteiger partial charge in [0.25, 0.3) is 0 Å². The van der Waals surface area contributed by atoms with Crippen LogP contribution in [0, 0.1) is 0 Å². The molecule has 114 valence electrons. The van der Waals surface area contributed by atoms with E-state index < -0.39 is 0 Å². The second-order valence-electron chi connectivity index (χ2n) is 4.57. The normalized spacial score (nSPS) is 11.2. The van der Waals surface area contributed by atoms with Crippen molar-refractivity contribution in [1.82, 2.24) is 15.2 Å². The monoisotopic (exact) mass is 308 g/mol. The lowest BCUT2D eigenvalue weighted by Gasteiger charge is -2.17. The number of carbonyl (C=O) groups is 1. The Labute approximate surface area is 128 Å². The average Bonchev–Trinajstić information content (AvgIpc) is 2.97. The van der Waals surface area contributed by atoms with Crippen molar-refractivity contribution < 1.29 is 9.42 Å². The van der Waals surface area contributed by atoms with Gasteiger partial charge in [0.1, 0.15) is 5.52 Å². The van der Waals surface area contributed by atoms with Gasteiger partial charge in [-0.3, -0.25) is 4.79 Å². The molecule has 0 saturated carbocycles. The van der Waals surface area contributed by atoms with Gasteiger partial charge >= 0.3 is 0 Å². The topological polar surface area (TPSA) is 71.3 Å². The Kier molecular flexibility index (Phi) is 6.01. The van der Waals surface area contributed by atoms with Crippen LogP contribution in [0.1, 0.15) is 13.8 Å². The van der Waals surface area contributed by atoms with Crippen LogP contribution in [-0.2, 0) is 4.79 Å². The highest BCUT2D eigenvalue weighted by molar-refractivity contribution is 7.99. The molecule has 2 rings (SSSR count). The van der Waals surface area contributed by atoms with Crippen LogP contribution in [-0.4, -0.2) is 52.3 Å². The molecule has 0 aliphatic carbocycles. The Balaban J connectivity index is 1.78. The molecule has 1 aromatic carbocycles. The minimum absolute atomic E-state index is 0.0324. The molecule has 0 aliphatic rings. The summed E-state index contributed by atoms with van der Waals surface area (Å²) in [6.45, 7) is 7.39. The van der Waals surface area contributed by atoms with Crippen LogP contribution in [0.25, 0.3) is 11.0 Å². The maximum absolute atomic E-state index is 11.9. The highest BCUT2D eigenvalue weighted by atomic mass is 32.2. The number of thioether (sulfide) groups is 1. The highest BCUT2D eigenvalue weighted by Gasteiger charge is 2.09. The van der Waals surface area contributed by atoms with Crippen LogP contribution < -0.4 is 5.32 Å². The van der Waals surface area contributed by atoms with Gasteiger partial charge in [-0.15, -0.1) is 0 Å². The van der Waals surface area contributed by atoms with Gasteiger partial charge in [-0.05, 0) is 35.5 Å². The summed E-state index contributed by atoms with van der Waals surface area (Å²) in [5.41, 5.74) is 1.86. The van der Waals surface area contributed by atoms with E-state index in [1.165, 1.54) is 0 Å². The SMILES string of the molecule is CCN(CC)CCSCC(=O)Nc1cccc2nonc12. The molecule has 0 saturated heterocycles. The molecule has 0 radical (unpaired) electrons. The molecule has 0 atom stereocenters. The van der Waals surface area contributed by atoms with E-state index in [-0.39, 0.29) is 5.91 Å². The summed E-state index contributed by atoms with van der Waals surface area (Å²) in [7, 11) is 0. The van der Waals surface area contributed by atoms with E-state index in [1.54, 1.807) is 23.9 Å². The van der Waals surface area contributed by atoms with Gasteiger partial charge in [0.2, 0.25) is 5.91 Å². The van der Waals surface area contributed by atoms with E-state index in [1.807, 2.05) is 6.07 Å².